The van der Waals surface area contributed by atoms with Gasteiger partial charge in [0.05, 0.1) is 6.61 Å². The van der Waals surface area contributed by atoms with Gasteiger partial charge in [0.2, 0.25) is 5.91 Å². The number of ether oxygens (including phenoxy) is 1. The molecule has 1 saturated heterocycles. The molecule has 1 N–H and O–H groups in total. The molecule has 0 spiro atoms. The van der Waals surface area contributed by atoms with Gasteiger partial charge in [0.15, 0.2) is 0 Å². The van der Waals surface area contributed by atoms with Crippen molar-refractivity contribution in [1.82, 2.24) is 10.2 Å². The minimum absolute atomic E-state index is 0.0313. The van der Waals surface area contributed by atoms with Gasteiger partial charge in [0, 0.05) is 19.1 Å². The predicted octanol–water partition coefficient (Wildman–Crippen LogP) is 3.76. The highest BCUT2D eigenvalue weighted by Gasteiger charge is 2.24. The van der Waals surface area contributed by atoms with Crippen LogP contribution in [0.25, 0.3) is 0 Å². The first-order chi connectivity index (χ1) is 13.2. The molecule has 0 saturated carbocycles. The number of amides is 1. The number of nitrogens with one attached hydrogen (secondary N) is 1. The number of hydrogen-bond acceptors (Lipinski definition) is 3. The number of nitrogens with zero attached hydrogens (tertiary/aromatic N) is 1. The molecule has 3 rings (SSSR count). The standard InChI is InChI=1S/C23H30N2O2/c1-19(27-18-21-12-6-3-7-13-21)23(26)24-16-22-14-8-9-15-25(22)17-20-10-4-2-5-11-20/h2-7,10-13,19,22H,8-9,14-18H2,1H3,(H,24,26). The van der Waals surface area contributed by atoms with Crippen LogP contribution in [0.3, 0.4) is 0 Å². The molecule has 144 valence electrons. The van der Waals surface area contributed by atoms with E-state index in [4.69, 9.17) is 4.74 Å². The highest BCUT2D eigenvalue weighted by Crippen LogP contribution is 2.19. The molecule has 0 aromatic heterocycles. The third kappa shape index (κ3) is 6.19. The van der Waals surface area contributed by atoms with Gasteiger partial charge in [0.1, 0.15) is 6.10 Å². The van der Waals surface area contributed by atoms with E-state index in [1.165, 1.54) is 18.4 Å². The van der Waals surface area contributed by atoms with Crippen LogP contribution < -0.4 is 5.32 Å². The molecule has 1 fully saturated rings. The summed E-state index contributed by atoms with van der Waals surface area (Å²) < 4.78 is 5.73. The molecule has 2 aromatic carbocycles. The Kier molecular flexibility index (Phi) is 7.43. The van der Waals surface area contributed by atoms with Gasteiger partial charge in [-0.2, -0.15) is 0 Å². The van der Waals surface area contributed by atoms with E-state index >= 15 is 0 Å². The molecule has 1 aliphatic heterocycles. The van der Waals surface area contributed by atoms with E-state index < -0.39 is 6.10 Å². The lowest BCUT2D eigenvalue weighted by Crippen LogP contribution is -2.48. The van der Waals surface area contributed by atoms with E-state index in [-0.39, 0.29) is 5.91 Å². The Hall–Kier alpha value is -2.17. The number of carbonyl (C=O) groups excluding carboxylic acids is 1. The Balaban J connectivity index is 1.45. The van der Waals surface area contributed by atoms with Crippen molar-refractivity contribution in [2.24, 2.45) is 0 Å². The van der Waals surface area contributed by atoms with Crippen LogP contribution >= 0.6 is 0 Å². The summed E-state index contributed by atoms with van der Waals surface area (Å²) in [5, 5.41) is 3.10. The van der Waals surface area contributed by atoms with Crippen LogP contribution in [-0.4, -0.2) is 36.0 Å². The van der Waals surface area contributed by atoms with E-state index in [1.807, 2.05) is 43.3 Å². The first-order valence-corrected chi connectivity index (χ1v) is 9.93. The Labute approximate surface area is 162 Å². The SMILES string of the molecule is CC(OCc1ccccc1)C(=O)NCC1CCCCN1Cc1ccccc1. The maximum atomic E-state index is 12.4. The van der Waals surface area contributed by atoms with Crippen LogP contribution in [0.4, 0.5) is 0 Å². The fraction of sp³-hybridized carbons (Fsp3) is 0.435. The lowest BCUT2D eigenvalue weighted by Gasteiger charge is -2.36. The van der Waals surface area contributed by atoms with Crippen LogP contribution in [0.1, 0.15) is 37.3 Å². The summed E-state index contributed by atoms with van der Waals surface area (Å²) >= 11 is 0. The van der Waals surface area contributed by atoms with Crippen molar-refractivity contribution < 1.29 is 9.53 Å². The quantitative estimate of drug-likeness (QED) is 0.773. The Morgan fingerprint density at radius 1 is 1.07 bits per heavy atom. The zero-order valence-corrected chi connectivity index (χ0v) is 16.1. The summed E-state index contributed by atoms with van der Waals surface area (Å²) in [7, 11) is 0. The Morgan fingerprint density at radius 3 is 2.44 bits per heavy atom. The molecule has 1 aliphatic rings. The van der Waals surface area contributed by atoms with Crippen molar-refractivity contribution in [3.05, 3.63) is 71.8 Å². The fourth-order valence-corrected chi connectivity index (χ4v) is 3.55. The zero-order valence-electron chi connectivity index (χ0n) is 16.1. The lowest BCUT2D eigenvalue weighted by molar-refractivity contribution is -0.132. The smallest absolute Gasteiger partial charge is 0.248 e. The summed E-state index contributed by atoms with van der Waals surface area (Å²) in [6.07, 6.45) is 3.14. The van der Waals surface area contributed by atoms with Crippen LogP contribution in [0.5, 0.6) is 0 Å². The summed E-state index contributed by atoms with van der Waals surface area (Å²) in [6, 6.07) is 20.9. The summed E-state index contributed by atoms with van der Waals surface area (Å²) in [5.74, 6) is -0.0313. The lowest BCUT2D eigenvalue weighted by atomic mass is 10.0. The number of benzene rings is 2. The van der Waals surface area contributed by atoms with Crippen LogP contribution in [-0.2, 0) is 22.7 Å². The monoisotopic (exact) mass is 366 g/mol. The van der Waals surface area contributed by atoms with Crippen molar-refractivity contribution in [2.45, 2.75) is 51.5 Å². The maximum Gasteiger partial charge on any atom is 0.248 e. The van der Waals surface area contributed by atoms with E-state index in [2.05, 4.69) is 34.5 Å². The predicted molar refractivity (Wildman–Crippen MR) is 108 cm³/mol. The summed E-state index contributed by atoms with van der Waals surface area (Å²) in [6.45, 7) is 5.00. The van der Waals surface area contributed by atoms with Gasteiger partial charge in [-0.25, -0.2) is 0 Å². The van der Waals surface area contributed by atoms with Gasteiger partial charge >= 0.3 is 0 Å². The van der Waals surface area contributed by atoms with Crippen LogP contribution in [0.15, 0.2) is 60.7 Å². The number of rotatable bonds is 8. The molecule has 1 heterocycles. The van der Waals surface area contributed by atoms with Gasteiger partial charge in [-0.1, -0.05) is 67.1 Å². The van der Waals surface area contributed by atoms with E-state index in [1.54, 1.807) is 0 Å². The molecule has 4 nitrogen and oxygen atoms in total. The summed E-state index contributed by atoms with van der Waals surface area (Å²) in [4.78, 5) is 14.9. The van der Waals surface area contributed by atoms with Gasteiger partial charge in [0.25, 0.3) is 0 Å². The van der Waals surface area contributed by atoms with Gasteiger partial charge in [-0.15, -0.1) is 0 Å². The maximum absolute atomic E-state index is 12.4. The molecule has 0 radical (unpaired) electrons. The third-order valence-electron chi connectivity index (χ3n) is 5.20. The number of hydrogen-bond donors (Lipinski definition) is 1. The molecule has 4 heteroatoms. The molecule has 27 heavy (non-hydrogen) atoms. The molecule has 1 amide bonds. The minimum Gasteiger partial charge on any atom is -0.364 e. The van der Waals surface area contributed by atoms with E-state index in [9.17, 15) is 4.79 Å². The second kappa shape index (κ2) is 10.2. The molecule has 2 unspecified atom stereocenters. The molecular weight excluding hydrogens is 336 g/mol. The molecule has 0 bridgehead atoms. The van der Waals surface area contributed by atoms with Gasteiger partial charge < -0.3 is 10.1 Å². The van der Waals surface area contributed by atoms with Crippen molar-refractivity contribution in [3.63, 3.8) is 0 Å². The van der Waals surface area contributed by atoms with Crippen LogP contribution in [0.2, 0.25) is 0 Å². The largest absolute Gasteiger partial charge is 0.364 e. The number of likely N-dealkylation sites (tertiary alicyclic amines) is 1. The Morgan fingerprint density at radius 2 is 1.74 bits per heavy atom. The van der Waals surface area contributed by atoms with E-state index in [0.717, 1.165) is 25.1 Å². The average molecular weight is 367 g/mol. The minimum atomic E-state index is -0.448. The molecule has 0 aliphatic carbocycles. The summed E-state index contributed by atoms with van der Waals surface area (Å²) in [5.41, 5.74) is 2.41. The fourth-order valence-electron chi connectivity index (χ4n) is 3.55. The normalized spacial score (nSPS) is 18.8. The van der Waals surface area contributed by atoms with Gasteiger partial charge in [-0.05, 0) is 37.4 Å². The van der Waals surface area contributed by atoms with Crippen molar-refractivity contribution in [2.75, 3.05) is 13.1 Å². The Bertz CT molecular complexity index is 690. The van der Waals surface area contributed by atoms with Gasteiger partial charge in [-0.3, -0.25) is 9.69 Å². The van der Waals surface area contributed by atoms with Crippen molar-refractivity contribution >= 4 is 5.91 Å². The number of piperidine rings is 1. The highest BCUT2D eigenvalue weighted by molar-refractivity contribution is 5.80. The van der Waals surface area contributed by atoms with Crippen molar-refractivity contribution in [3.8, 4) is 0 Å². The first-order valence-electron chi connectivity index (χ1n) is 9.93. The highest BCUT2D eigenvalue weighted by atomic mass is 16.5. The average Bonchev–Trinajstić information content (AvgIpc) is 2.72. The molecule has 2 aromatic rings. The van der Waals surface area contributed by atoms with Crippen LogP contribution in [0, 0.1) is 0 Å². The molecular formula is C23H30N2O2. The molecule has 2 atom stereocenters. The van der Waals surface area contributed by atoms with E-state index in [0.29, 0.717) is 19.2 Å². The first kappa shape index (κ1) is 19.6. The second-order valence-electron chi connectivity index (χ2n) is 7.29. The third-order valence-corrected chi connectivity index (χ3v) is 5.20. The zero-order chi connectivity index (χ0) is 18.9. The topological polar surface area (TPSA) is 41.6 Å². The second-order valence-corrected chi connectivity index (χ2v) is 7.29. The van der Waals surface area contributed by atoms with Crippen molar-refractivity contribution in [1.29, 1.82) is 0 Å². The number of carbonyl (C=O) groups is 1.